The maximum atomic E-state index is 13.5. The van der Waals surface area contributed by atoms with Gasteiger partial charge in [-0.05, 0) is 49.4 Å². The molecule has 2 aromatic heterocycles. The number of carbonyl (C=O) groups is 1. The van der Waals surface area contributed by atoms with Crippen LogP contribution in [0.2, 0.25) is 0 Å². The normalized spacial score (nSPS) is 11.1. The van der Waals surface area contributed by atoms with E-state index in [1.54, 1.807) is 0 Å². The topological polar surface area (TPSA) is 59.8 Å². The Morgan fingerprint density at radius 2 is 1.46 bits per heavy atom. The molecule has 0 radical (unpaired) electrons. The number of carbonyl (C=O) groups excluding carboxylic acids is 1. The third-order valence-electron chi connectivity index (χ3n) is 6.12. The maximum absolute atomic E-state index is 13.5. The second-order valence-corrected chi connectivity index (χ2v) is 8.43. The number of aryl methyl sites for hydroxylation is 1. The number of pyridine rings is 1. The number of para-hydroxylation sites is 2. The number of aromatic nitrogens is 3. The Morgan fingerprint density at radius 3 is 2.26 bits per heavy atom. The molecule has 0 aliphatic rings. The van der Waals surface area contributed by atoms with Gasteiger partial charge in [-0.2, -0.15) is 0 Å². The first-order valence-corrected chi connectivity index (χ1v) is 11.5. The molecule has 1 amide bonds. The summed E-state index contributed by atoms with van der Waals surface area (Å²) in [4.78, 5) is 23.0. The highest BCUT2D eigenvalue weighted by molar-refractivity contribution is 6.13. The molecule has 0 aliphatic heterocycles. The summed E-state index contributed by atoms with van der Waals surface area (Å²) in [6.07, 6.45) is 0. The van der Waals surface area contributed by atoms with Crippen molar-refractivity contribution in [3.8, 4) is 16.9 Å². The van der Waals surface area contributed by atoms with Gasteiger partial charge in [-0.1, -0.05) is 66.7 Å². The second kappa shape index (κ2) is 8.54. The van der Waals surface area contributed by atoms with Crippen molar-refractivity contribution >= 4 is 33.5 Å². The molecule has 1 N–H and O–H groups in total. The molecule has 168 valence electrons. The molecule has 0 aliphatic carbocycles. The molecule has 6 aromatic rings. The van der Waals surface area contributed by atoms with Crippen LogP contribution in [0.25, 0.3) is 38.9 Å². The minimum atomic E-state index is -0.181. The van der Waals surface area contributed by atoms with Crippen LogP contribution in [-0.2, 0) is 0 Å². The summed E-state index contributed by atoms with van der Waals surface area (Å²) in [5, 5.41) is 3.89. The summed E-state index contributed by atoms with van der Waals surface area (Å²) >= 11 is 0. The third kappa shape index (κ3) is 3.83. The van der Waals surface area contributed by atoms with Gasteiger partial charge in [-0.3, -0.25) is 9.36 Å². The number of anilines is 1. The lowest BCUT2D eigenvalue weighted by molar-refractivity contribution is 0.102. The highest BCUT2D eigenvalue weighted by atomic mass is 16.1. The van der Waals surface area contributed by atoms with Crippen molar-refractivity contribution in [2.45, 2.75) is 6.92 Å². The number of fused-ring (bicyclic) bond motifs is 2. The van der Waals surface area contributed by atoms with Crippen LogP contribution >= 0.6 is 0 Å². The van der Waals surface area contributed by atoms with E-state index in [0.717, 1.165) is 44.7 Å². The molecule has 2 heterocycles. The monoisotopic (exact) mass is 454 g/mol. The van der Waals surface area contributed by atoms with Gasteiger partial charge in [0, 0.05) is 22.3 Å². The molecule has 0 fully saturated rings. The van der Waals surface area contributed by atoms with Gasteiger partial charge >= 0.3 is 0 Å². The number of benzene rings is 4. The fourth-order valence-corrected chi connectivity index (χ4v) is 4.50. The Kier molecular flexibility index (Phi) is 5.08. The Labute approximate surface area is 202 Å². The maximum Gasteiger partial charge on any atom is 0.256 e. The average molecular weight is 455 g/mol. The molecule has 0 atom stereocenters. The van der Waals surface area contributed by atoms with Crippen molar-refractivity contribution in [3.05, 3.63) is 121 Å². The van der Waals surface area contributed by atoms with E-state index >= 15 is 0 Å². The Balaban J connectivity index is 1.38. The zero-order valence-electron chi connectivity index (χ0n) is 19.1. The Bertz CT molecular complexity index is 1690. The first-order valence-electron chi connectivity index (χ1n) is 11.5. The van der Waals surface area contributed by atoms with Crippen LogP contribution in [-0.4, -0.2) is 20.4 Å². The van der Waals surface area contributed by atoms with Gasteiger partial charge < -0.3 is 5.32 Å². The van der Waals surface area contributed by atoms with Gasteiger partial charge in [-0.15, -0.1) is 0 Å². The standard InChI is InChI=1S/C30H22N4O/c1-20-31-28-18-22(16-17-29(28)34(20)23-12-6-3-7-13-23)32-30(35)25-19-27(21-10-4-2-5-11-21)33-26-15-9-8-14-24(25)26/h2-19H,1H3,(H,32,35). The summed E-state index contributed by atoms with van der Waals surface area (Å²) in [5.41, 5.74) is 6.68. The van der Waals surface area contributed by atoms with Crippen molar-refractivity contribution in [2.75, 3.05) is 5.32 Å². The first kappa shape index (κ1) is 20.8. The number of hydrogen-bond donors (Lipinski definition) is 1. The molecular weight excluding hydrogens is 432 g/mol. The molecule has 35 heavy (non-hydrogen) atoms. The SMILES string of the molecule is Cc1nc2cc(NC(=O)c3cc(-c4ccccc4)nc4ccccc34)ccc2n1-c1ccccc1. The molecule has 0 saturated heterocycles. The van der Waals surface area contributed by atoms with Gasteiger partial charge in [0.1, 0.15) is 5.82 Å². The summed E-state index contributed by atoms with van der Waals surface area (Å²) in [6, 6.07) is 35.5. The molecule has 4 aromatic carbocycles. The lowest BCUT2D eigenvalue weighted by atomic mass is 10.0. The summed E-state index contributed by atoms with van der Waals surface area (Å²) in [5.74, 6) is 0.710. The number of nitrogens with zero attached hydrogens (tertiary/aromatic N) is 3. The molecule has 0 bridgehead atoms. The van der Waals surface area contributed by atoms with Crippen molar-refractivity contribution in [1.82, 2.24) is 14.5 Å². The number of amides is 1. The van der Waals surface area contributed by atoms with Gasteiger partial charge in [0.2, 0.25) is 0 Å². The van der Waals surface area contributed by atoms with Crippen LogP contribution in [0, 0.1) is 6.92 Å². The van der Waals surface area contributed by atoms with Gasteiger partial charge in [0.25, 0.3) is 5.91 Å². The van der Waals surface area contributed by atoms with Crippen LogP contribution in [0.4, 0.5) is 5.69 Å². The highest BCUT2D eigenvalue weighted by Crippen LogP contribution is 2.27. The number of hydrogen-bond acceptors (Lipinski definition) is 3. The van der Waals surface area contributed by atoms with Gasteiger partial charge in [0.05, 0.1) is 27.8 Å². The zero-order valence-corrected chi connectivity index (χ0v) is 19.1. The molecule has 6 rings (SSSR count). The largest absolute Gasteiger partial charge is 0.322 e. The minimum Gasteiger partial charge on any atom is -0.322 e. The van der Waals surface area contributed by atoms with E-state index in [2.05, 4.69) is 22.0 Å². The van der Waals surface area contributed by atoms with E-state index in [1.165, 1.54) is 0 Å². The summed E-state index contributed by atoms with van der Waals surface area (Å²) < 4.78 is 2.11. The van der Waals surface area contributed by atoms with Crippen LogP contribution in [0.5, 0.6) is 0 Å². The fourth-order valence-electron chi connectivity index (χ4n) is 4.50. The van der Waals surface area contributed by atoms with E-state index in [-0.39, 0.29) is 5.91 Å². The fraction of sp³-hybridized carbons (Fsp3) is 0.0333. The van der Waals surface area contributed by atoms with E-state index in [4.69, 9.17) is 9.97 Å². The zero-order chi connectivity index (χ0) is 23.8. The molecule has 5 heteroatoms. The number of imidazole rings is 1. The predicted octanol–water partition coefficient (Wildman–Crippen LogP) is 6.80. The second-order valence-electron chi connectivity index (χ2n) is 8.43. The molecule has 0 spiro atoms. The van der Waals surface area contributed by atoms with Crippen LogP contribution in [0.3, 0.4) is 0 Å². The van der Waals surface area contributed by atoms with E-state index in [9.17, 15) is 4.79 Å². The Morgan fingerprint density at radius 1 is 0.743 bits per heavy atom. The van der Waals surface area contributed by atoms with Gasteiger partial charge in [0.15, 0.2) is 0 Å². The number of nitrogens with one attached hydrogen (secondary N) is 1. The lowest BCUT2D eigenvalue weighted by Crippen LogP contribution is -2.13. The van der Waals surface area contributed by atoms with Crippen LogP contribution in [0.1, 0.15) is 16.2 Å². The Hall–Kier alpha value is -4.77. The van der Waals surface area contributed by atoms with Crippen molar-refractivity contribution < 1.29 is 4.79 Å². The van der Waals surface area contributed by atoms with E-state index in [0.29, 0.717) is 11.3 Å². The van der Waals surface area contributed by atoms with Crippen molar-refractivity contribution in [3.63, 3.8) is 0 Å². The highest BCUT2D eigenvalue weighted by Gasteiger charge is 2.16. The van der Waals surface area contributed by atoms with E-state index < -0.39 is 0 Å². The number of rotatable bonds is 4. The first-order chi connectivity index (χ1) is 17.2. The average Bonchev–Trinajstić information content (AvgIpc) is 3.23. The summed E-state index contributed by atoms with van der Waals surface area (Å²) in [7, 11) is 0. The van der Waals surface area contributed by atoms with Crippen LogP contribution in [0.15, 0.2) is 109 Å². The van der Waals surface area contributed by atoms with Crippen LogP contribution < -0.4 is 5.32 Å². The molecule has 0 unspecified atom stereocenters. The van der Waals surface area contributed by atoms with Crippen molar-refractivity contribution in [1.29, 1.82) is 0 Å². The molecule has 5 nitrogen and oxygen atoms in total. The lowest BCUT2D eigenvalue weighted by Gasteiger charge is -2.11. The van der Waals surface area contributed by atoms with Crippen molar-refractivity contribution in [2.24, 2.45) is 0 Å². The van der Waals surface area contributed by atoms with Gasteiger partial charge in [-0.25, -0.2) is 9.97 Å². The third-order valence-corrected chi connectivity index (χ3v) is 6.12. The van der Waals surface area contributed by atoms with E-state index in [1.807, 2.05) is 104 Å². The quantitative estimate of drug-likeness (QED) is 0.319. The predicted molar refractivity (Wildman–Crippen MR) is 141 cm³/mol. The smallest absolute Gasteiger partial charge is 0.256 e. The molecule has 0 saturated carbocycles. The summed E-state index contributed by atoms with van der Waals surface area (Å²) in [6.45, 7) is 1.99. The molecular formula is C30H22N4O. The minimum absolute atomic E-state index is 0.181.